The number of halogens is 1. The Labute approximate surface area is 166 Å². The van der Waals surface area contributed by atoms with Gasteiger partial charge >= 0.3 is 5.97 Å². The predicted molar refractivity (Wildman–Crippen MR) is 107 cm³/mol. The molecule has 0 fully saturated rings. The number of aromatic nitrogens is 2. The Morgan fingerprint density at radius 2 is 1.96 bits per heavy atom. The van der Waals surface area contributed by atoms with Crippen LogP contribution < -0.4 is 10.6 Å². The standard InChI is InChI=1S/C20H17ClN4O3/c1-28-20(27)15-4-5-16(21)17(9-15)25-19(26)14-6-8-23-18(10-14)24-12-13-3-2-7-22-11-13/h2-11H,12H2,1H3,(H,23,24)(H,25,26). The first-order chi connectivity index (χ1) is 13.6. The number of rotatable bonds is 6. The van der Waals surface area contributed by atoms with E-state index in [0.717, 1.165) is 5.56 Å². The maximum absolute atomic E-state index is 12.6. The normalized spacial score (nSPS) is 10.2. The fourth-order valence-electron chi connectivity index (χ4n) is 2.42. The number of esters is 1. The summed E-state index contributed by atoms with van der Waals surface area (Å²) in [7, 11) is 1.28. The molecule has 8 heteroatoms. The lowest BCUT2D eigenvalue weighted by atomic mass is 10.2. The van der Waals surface area contributed by atoms with Gasteiger partial charge in [-0.1, -0.05) is 17.7 Å². The summed E-state index contributed by atoms with van der Waals surface area (Å²) in [4.78, 5) is 32.5. The van der Waals surface area contributed by atoms with Gasteiger partial charge in [-0.3, -0.25) is 9.78 Å². The van der Waals surface area contributed by atoms with Crippen LogP contribution in [0.5, 0.6) is 0 Å². The average molecular weight is 397 g/mol. The first kappa shape index (κ1) is 19.3. The quantitative estimate of drug-likeness (QED) is 0.616. The molecule has 7 nitrogen and oxygen atoms in total. The Morgan fingerprint density at radius 3 is 2.71 bits per heavy atom. The molecule has 0 aliphatic rings. The van der Waals surface area contributed by atoms with Crippen LogP contribution in [-0.2, 0) is 11.3 Å². The van der Waals surface area contributed by atoms with Crippen molar-refractivity contribution in [2.75, 3.05) is 17.7 Å². The number of hydrogen-bond donors (Lipinski definition) is 2. The molecular formula is C20H17ClN4O3. The number of pyridine rings is 2. The largest absolute Gasteiger partial charge is 0.465 e. The highest BCUT2D eigenvalue weighted by Crippen LogP contribution is 2.24. The molecule has 3 rings (SSSR count). The van der Waals surface area contributed by atoms with Gasteiger partial charge in [0.1, 0.15) is 5.82 Å². The van der Waals surface area contributed by atoms with Gasteiger partial charge in [0.25, 0.3) is 5.91 Å². The van der Waals surface area contributed by atoms with Gasteiger partial charge in [-0.15, -0.1) is 0 Å². The summed E-state index contributed by atoms with van der Waals surface area (Å²) in [5, 5.41) is 6.16. The minimum absolute atomic E-state index is 0.288. The molecule has 3 aromatic rings. The third kappa shape index (κ3) is 4.83. The molecule has 0 aliphatic carbocycles. The van der Waals surface area contributed by atoms with Crippen LogP contribution in [-0.4, -0.2) is 29.0 Å². The lowest BCUT2D eigenvalue weighted by Gasteiger charge is -2.10. The molecule has 0 bridgehead atoms. The van der Waals surface area contributed by atoms with Crippen LogP contribution in [0.25, 0.3) is 0 Å². The molecule has 2 heterocycles. The summed E-state index contributed by atoms with van der Waals surface area (Å²) in [5.74, 6) is -0.348. The van der Waals surface area contributed by atoms with Gasteiger partial charge in [0, 0.05) is 30.7 Å². The molecule has 0 atom stereocenters. The molecule has 1 amide bonds. The van der Waals surface area contributed by atoms with Gasteiger partial charge in [0.15, 0.2) is 0 Å². The van der Waals surface area contributed by atoms with Gasteiger partial charge < -0.3 is 15.4 Å². The highest BCUT2D eigenvalue weighted by molar-refractivity contribution is 6.34. The number of ether oxygens (including phenoxy) is 1. The van der Waals surface area contributed by atoms with Crippen molar-refractivity contribution < 1.29 is 14.3 Å². The van der Waals surface area contributed by atoms with Gasteiger partial charge in [-0.25, -0.2) is 9.78 Å². The Hall–Kier alpha value is -3.45. The smallest absolute Gasteiger partial charge is 0.337 e. The van der Waals surface area contributed by atoms with E-state index in [1.54, 1.807) is 24.5 Å². The van der Waals surface area contributed by atoms with E-state index in [1.165, 1.54) is 31.5 Å². The lowest BCUT2D eigenvalue weighted by molar-refractivity contribution is 0.0600. The number of amides is 1. The number of benzene rings is 1. The second-order valence-corrected chi connectivity index (χ2v) is 6.19. The lowest BCUT2D eigenvalue weighted by Crippen LogP contribution is -2.14. The summed E-state index contributed by atoms with van der Waals surface area (Å²) in [6, 6.07) is 11.5. The molecule has 142 valence electrons. The molecule has 2 N–H and O–H groups in total. The SMILES string of the molecule is COC(=O)c1ccc(Cl)c(NC(=O)c2ccnc(NCc3cccnc3)c2)c1. The number of nitrogens with one attached hydrogen (secondary N) is 2. The molecule has 0 radical (unpaired) electrons. The van der Waals surface area contributed by atoms with Crippen LogP contribution in [0, 0.1) is 0 Å². The summed E-state index contributed by atoms with van der Waals surface area (Å²) >= 11 is 6.13. The van der Waals surface area contributed by atoms with Crippen LogP contribution in [0.2, 0.25) is 5.02 Å². The zero-order valence-corrected chi connectivity index (χ0v) is 15.7. The summed E-state index contributed by atoms with van der Waals surface area (Å²) in [6.07, 6.45) is 4.99. The van der Waals surface area contributed by atoms with E-state index in [0.29, 0.717) is 28.6 Å². The Morgan fingerprint density at radius 1 is 1.11 bits per heavy atom. The topological polar surface area (TPSA) is 93.2 Å². The van der Waals surface area contributed by atoms with Crippen LogP contribution >= 0.6 is 11.6 Å². The van der Waals surface area contributed by atoms with Crippen LogP contribution in [0.3, 0.4) is 0 Å². The van der Waals surface area contributed by atoms with E-state index in [-0.39, 0.29) is 11.5 Å². The number of carbonyl (C=O) groups is 2. The van der Waals surface area contributed by atoms with Gasteiger partial charge in [-0.05, 0) is 42.0 Å². The van der Waals surface area contributed by atoms with Crippen molar-refractivity contribution in [2.24, 2.45) is 0 Å². The number of nitrogens with zero attached hydrogens (tertiary/aromatic N) is 2. The minimum atomic E-state index is -0.516. The summed E-state index contributed by atoms with van der Waals surface area (Å²) < 4.78 is 4.68. The highest BCUT2D eigenvalue weighted by Gasteiger charge is 2.13. The van der Waals surface area contributed by atoms with Crippen molar-refractivity contribution in [1.29, 1.82) is 0 Å². The predicted octanol–water partition coefficient (Wildman–Crippen LogP) is 3.78. The van der Waals surface area contributed by atoms with E-state index < -0.39 is 5.97 Å². The fraction of sp³-hybridized carbons (Fsp3) is 0.100. The van der Waals surface area contributed by atoms with Crippen molar-refractivity contribution in [1.82, 2.24) is 9.97 Å². The van der Waals surface area contributed by atoms with E-state index >= 15 is 0 Å². The maximum atomic E-state index is 12.6. The van der Waals surface area contributed by atoms with Crippen LogP contribution in [0.15, 0.2) is 61.1 Å². The minimum Gasteiger partial charge on any atom is -0.465 e. The van der Waals surface area contributed by atoms with Gasteiger partial charge in [0.2, 0.25) is 0 Å². The molecule has 0 aliphatic heterocycles. The summed E-state index contributed by atoms with van der Waals surface area (Å²) in [5.41, 5.74) is 1.99. The molecule has 28 heavy (non-hydrogen) atoms. The maximum Gasteiger partial charge on any atom is 0.337 e. The van der Waals surface area contributed by atoms with Gasteiger partial charge in [-0.2, -0.15) is 0 Å². The zero-order chi connectivity index (χ0) is 19.9. The van der Waals surface area contributed by atoms with Crippen molar-refractivity contribution >= 4 is 35.0 Å². The fourth-order valence-corrected chi connectivity index (χ4v) is 2.59. The first-order valence-electron chi connectivity index (χ1n) is 8.35. The van der Waals surface area contributed by atoms with E-state index in [1.807, 2.05) is 12.1 Å². The zero-order valence-electron chi connectivity index (χ0n) is 15.0. The average Bonchev–Trinajstić information content (AvgIpc) is 2.74. The van der Waals surface area contributed by atoms with Crippen molar-refractivity contribution in [3.8, 4) is 0 Å². The molecule has 0 saturated heterocycles. The molecule has 0 unspecified atom stereocenters. The van der Waals surface area contributed by atoms with Gasteiger partial charge in [0.05, 0.1) is 23.4 Å². The third-order valence-electron chi connectivity index (χ3n) is 3.85. The Kier molecular flexibility index (Phi) is 6.18. The molecule has 2 aromatic heterocycles. The third-order valence-corrected chi connectivity index (χ3v) is 4.18. The number of methoxy groups -OCH3 is 1. The molecule has 0 saturated carbocycles. The Bertz CT molecular complexity index is 996. The second-order valence-electron chi connectivity index (χ2n) is 5.78. The Balaban J connectivity index is 1.72. The number of carbonyl (C=O) groups excluding carboxylic acids is 2. The number of hydrogen-bond acceptors (Lipinski definition) is 6. The van der Waals surface area contributed by atoms with Crippen LogP contribution in [0.4, 0.5) is 11.5 Å². The first-order valence-corrected chi connectivity index (χ1v) is 8.72. The molecular weight excluding hydrogens is 380 g/mol. The van der Waals surface area contributed by atoms with E-state index in [4.69, 9.17) is 11.6 Å². The monoisotopic (exact) mass is 396 g/mol. The van der Waals surface area contributed by atoms with Crippen molar-refractivity contribution in [2.45, 2.75) is 6.54 Å². The summed E-state index contributed by atoms with van der Waals surface area (Å²) in [6.45, 7) is 0.527. The number of anilines is 2. The van der Waals surface area contributed by atoms with Crippen molar-refractivity contribution in [3.05, 3.63) is 82.8 Å². The van der Waals surface area contributed by atoms with E-state index in [2.05, 4.69) is 25.3 Å². The molecule has 1 aromatic carbocycles. The van der Waals surface area contributed by atoms with Crippen molar-refractivity contribution in [3.63, 3.8) is 0 Å². The second kappa shape index (κ2) is 8.96. The van der Waals surface area contributed by atoms with Crippen LogP contribution in [0.1, 0.15) is 26.3 Å². The van der Waals surface area contributed by atoms with E-state index in [9.17, 15) is 9.59 Å². The molecule has 0 spiro atoms. The highest BCUT2D eigenvalue weighted by atomic mass is 35.5.